The lowest BCUT2D eigenvalue weighted by molar-refractivity contribution is -0.136. The highest BCUT2D eigenvalue weighted by atomic mass is 19.1. The molecular weight excluding hydrogens is 273 g/mol. The number of hydrogen-bond acceptors (Lipinski definition) is 2. The molecule has 0 fully saturated rings. The molecule has 0 saturated heterocycles. The van der Waals surface area contributed by atoms with E-state index in [-0.39, 0.29) is 23.8 Å². The lowest BCUT2D eigenvalue weighted by atomic mass is 9.98. The third-order valence-electron chi connectivity index (χ3n) is 3.43. The Morgan fingerprint density at radius 1 is 1.33 bits per heavy atom. The van der Waals surface area contributed by atoms with Crippen molar-refractivity contribution >= 4 is 17.6 Å². The van der Waals surface area contributed by atoms with Crippen LogP contribution < -0.4 is 5.32 Å². The summed E-state index contributed by atoms with van der Waals surface area (Å²) in [5, 5.41) is 11.4. The van der Waals surface area contributed by atoms with Gasteiger partial charge in [0.05, 0.1) is 6.42 Å². The normalized spacial score (nSPS) is 12.0. The van der Waals surface area contributed by atoms with Crippen LogP contribution in [0.2, 0.25) is 0 Å². The molecule has 1 unspecified atom stereocenters. The Bertz CT molecular complexity index is 502. The number of nitrogens with one attached hydrogen (secondary N) is 1. The van der Waals surface area contributed by atoms with Gasteiger partial charge in [-0.2, -0.15) is 0 Å². The molecule has 116 valence electrons. The number of unbranched alkanes of at least 4 members (excludes halogenated alkanes) is 1. The highest BCUT2D eigenvalue weighted by molar-refractivity contribution is 5.92. The molecule has 0 aromatic heterocycles. The number of anilines is 1. The number of amides is 1. The van der Waals surface area contributed by atoms with Crippen LogP contribution in [0.3, 0.4) is 0 Å². The van der Waals surface area contributed by atoms with Gasteiger partial charge in [0.1, 0.15) is 5.82 Å². The van der Waals surface area contributed by atoms with E-state index in [2.05, 4.69) is 12.2 Å². The topological polar surface area (TPSA) is 66.4 Å². The fourth-order valence-electron chi connectivity index (χ4n) is 2.15. The van der Waals surface area contributed by atoms with Crippen LogP contribution in [0.1, 0.15) is 45.1 Å². The molecule has 1 aromatic carbocycles. The van der Waals surface area contributed by atoms with Gasteiger partial charge < -0.3 is 10.4 Å². The van der Waals surface area contributed by atoms with Gasteiger partial charge in [-0.05, 0) is 30.5 Å². The smallest absolute Gasteiger partial charge is 0.307 e. The number of rotatable bonds is 8. The standard InChI is InChI=1S/C16H22FNO3/c1-3-5-6-11(4-2)16(21)18-13-8-7-12(9-15(19)20)14(17)10-13/h7-8,10-11H,3-6,9H2,1-2H3,(H,18,21)(H,19,20). The average molecular weight is 295 g/mol. The number of carbonyl (C=O) groups is 2. The van der Waals surface area contributed by atoms with Gasteiger partial charge in [0.15, 0.2) is 0 Å². The Kier molecular flexibility index (Phi) is 6.85. The van der Waals surface area contributed by atoms with Crippen molar-refractivity contribution in [3.05, 3.63) is 29.6 Å². The van der Waals surface area contributed by atoms with Crippen LogP contribution in [0, 0.1) is 11.7 Å². The van der Waals surface area contributed by atoms with Crippen molar-refractivity contribution in [1.82, 2.24) is 0 Å². The zero-order chi connectivity index (χ0) is 15.8. The second-order valence-corrected chi connectivity index (χ2v) is 5.11. The second-order valence-electron chi connectivity index (χ2n) is 5.11. The maximum atomic E-state index is 13.7. The number of benzene rings is 1. The van der Waals surface area contributed by atoms with E-state index >= 15 is 0 Å². The molecule has 0 heterocycles. The maximum absolute atomic E-state index is 13.7. The molecule has 1 rings (SSSR count). The van der Waals surface area contributed by atoms with Crippen molar-refractivity contribution in [3.63, 3.8) is 0 Å². The zero-order valence-electron chi connectivity index (χ0n) is 12.5. The summed E-state index contributed by atoms with van der Waals surface area (Å²) in [5.41, 5.74) is 0.472. The molecule has 0 aliphatic rings. The van der Waals surface area contributed by atoms with Crippen molar-refractivity contribution in [1.29, 1.82) is 0 Å². The molecular formula is C16H22FNO3. The number of carboxylic acids is 1. The van der Waals surface area contributed by atoms with Crippen molar-refractivity contribution in [2.75, 3.05) is 5.32 Å². The van der Waals surface area contributed by atoms with Crippen molar-refractivity contribution in [3.8, 4) is 0 Å². The van der Waals surface area contributed by atoms with E-state index in [4.69, 9.17) is 5.11 Å². The van der Waals surface area contributed by atoms with Gasteiger partial charge in [0, 0.05) is 11.6 Å². The quantitative estimate of drug-likeness (QED) is 0.770. The van der Waals surface area contributed by atoms with Gasteiger partial charge in [-0.15, -0.1) is 0 Å². The van der Waals surface area contributed by atoms with Gasteiger partial charge in [0.2, 0.25) is 5.91 Å². The zero-order valence-corrected chi connectivity index (χ0v) is 12.5. The van der Waals surface area contributed by atoms with Crippen LogP contribution in [0.15, 0.2) is 18.2 Å². The van der Waals surface area contributed by atoms with Crippen LogP contribution in [-0.4, -0.2) is 17.0 Å². The summed E-state index contributed by atoms with van der Waals surface area (Å²) in [6, 6.07) is 4.10. The third-order valence-corrected chi connectivity index (χ3v) is 3.43. The molecule has 1 atom stereocenters. The Morgan fingerprint density at radius 3 is 2.57 bits per heavy atom. The molecule has 21 heavy (non-hydrogen) atoms. The summed E-state index contributed by atoms with van der Waals surface area (Å²) in [4.78, 5) is 22.7. The molecule has 0 bridgehead atoms. The van der Waals surface area contributed by atoms with Crippen LogP contribution in [0.5, 0.6) is 0 Å². The molecule has 0 aliphatic carbocycles. The molecule has 0 spiro atoms. The minimum absolute atomic E-state index is 0.0771. The Labute approximate surface area is 124 Å². The third kappa shape index (κ3) is 5.53. The highest BCUT2D eigenvalue weighted by Crippen LogP contribution is 2.19. The predicted molar refractivity (Wildman–Crippen MR) is 79.7 cm³/mol. The number of halogens is 1. The first-order valence-corrected chi connectivity index (χ1v) is 7.29. The van der Waals surface area contributed by atoms with E-state index in [1.807, 2.05) is 6.92 Å². The van der Waals surface area contributed by atoms with E-state index < -0.39 is 11.8 Å². The summed E-state index contributed by atoms with van der Waals surface area (Å²) in [6.07, 6.45) is 3.21. The largest absolute Gasteiger partial charge is 0.481 e. The first-order valence-electron chi connectivity index (χ1n) is 7.29. The number of hydrogen-bond donors (Lipinski definition) is 2. The van der Waals surface area contributed by atoms with E-state index in [0.717, 1.165) is 25.7 Å². The lowest BCUT2D eigenvalue weighted by Gasteiger charge is -2.15. The van der Waals surface area contributed by atoms with Crippen molar-refractivity contribution < 1.29 is 19.1 Å². The van der Waals surface area contributed by atoms with Crippen LogP contribution in [-0.2, 0) is 16.0 Å². The summed E-state index contributed by atoms with van der Waals surface area (Å²) < 4.78 is 13.7. The Balaban J connectivity index is 2.71. The van der Waals surface area contributed by atoms with Crippen molar-refractivity contribution in [2.45, 2.75) is 46.0 Å². The fourth-order valence-corrected chi connectivity index (χ4v) is 2.15. The molecule has 0 saturated carbocycles. The first kappa shape index (κ1) is 17.1. The van der Waals surface area contributed by atoms with Gasteiger partial charge in [-0.1, -0.05) is 32.8 Å². The first-order chi connectivity index (χ1) is 9.97. The van der Waals surface area contributed by atoms with E-state index in [1.165, 1.54) is 18.2 Å². The van der Waals surface area contributed by atoms with E-state index in [0.29, 0.717) is 5.69 Å². The average Bonchev–Trinajstić information content (AvgIpc) is 2.42. The molecule has 2 N–H and O–H groups in total. The number of aliphatic carboxylic acids is 1. The Hall–Kier alpha value is -1.91. The van der Waals surface area contributed by atoms with Crippen LogP contribution in [0.4, 0.5) is 10.1 Å². The Morgan fingerprint density at radius 2 is 2.05 bits per heavy atom. The minimum Gasteiger partial charge on any atom is -0.481 e. The number of carboxylic acid groups (broad SMARTS) is 1. The summed E-state index contributed by atoms with van der Waals surface area (Å²) >= 11 is 0. The molecule has 5 heteroatoms. The van der Waals surface area contributed by atoms with E-state index in [9.17, 15) is 14.0 Å². The van der Waals surface area contributed by atoms with Gasteiger partial charge in [0.25, 0.3) is 0 Å². The summed E-state index contributed by atoms with van der Waals surface area (Å²) in [6.45, 7) is 4.03. The molecule has 0 radical (unpaired) electrons. The number of carbonyl (C=O) groups excluding carboxylic acids is 1. The fraction of sp³-hybridized carbons (Fsp3) is 0.500. The monoisotopic (exact) mass is 295 g/mol. The highest BCUT2D eigenvalue weighted by Gasteiger charge is 2.16. The molecule has 0 aliphatic heterocycles. The van der Waals surface area contributed by atoms with E-state index in [1.54, 1.807) is 0 Å². The van der Waals surface area contributed by atoms with Crippen molar-refractivity contribution in [2.24, 2.45) is 5.92 Å². The minimum atomic E-state index is -1.09. The molecule has 1 aromatic rings. The van der Waals surface area contributed by atoms with Crippen LogP contribution in [0.25, 0.3) is 0 Å². The van der Waals surface area contributed by atoms with Crippen LogP contribution >= 0.6 is 0 Å². The summed E-state index contributed by atoms with van der Waals surface area (Å²) in [5.74, 6) is -1.89. The maximum Gasteiger partial charge on any atom is 0.307 e. The molecule has 4 nitrogen and oxygen atoms in total. The predicted octanol–water partition coefficient (Wildman–Crippen LogP) is 3.61. The molecule has 1 amide bonds. The SMILES string of the molecule is CCCCC(CC)C(=O)Nc1ccc(CC(=O)O)c(F)c1. The second kappa shape index (κ2) is 8.39. The lowest BCUT2D eigenvalue weighted by Crippen LogP contribution is -2.22. The van der Waals surface area contributed by atoms with Gasteiger partial charge >= 0.3 is 5.97 Å². The van der Waals surface area contributed by atoms with Gasteiger partial charge in [-0.25, -0.2) is 4.39 Å². The summed E-state index contributed by atoms with van der Waals surface area (Å²) in [7, 11) is 0. The van der Waals surface area contributed by atoms with Gasteiger partial charge in [-0.3, -0.25) is 9.59 Å².